The summed E-state index contributed by atoms with van der Waals surface area (Å²) in [4.78, 5) is 22.6. The van der Waals surface area contributed by atoms with E-state index in [1.807, 2.05) is 4.72 Å². The summed E-state index contributed by atoms with van der Waals surface area (Å²) in [7, 11) is -3.19. The first kappa shape index (κ1) is 51.9. The molecule has 0 aliphatic heterocycles. The van der Waals surface area contributed by atoms with Gasteiger partial charge in [0, 0.05) is 27.9 Å². The second-order valence-corrected chi connectivity index (χ2v) is 14.4. The van der Waals surface area contributed by atoms with Gasteiger partial charge in [0.2, 0.25) is 10.0 Å². The fourth-order valence-electron chi connectivity index (χ4n) is 1.44. The van der Waals surface area contributed by atoms with Crippen LogP contribution < -0.4 is 10.5 Å². The van der Waals surface area contributed by atoms with Crippen LogP contribution >= 0.6 is 59.5 Å². The van der Waals surface area contributed by atoms with E-state index in [2.05, 4.69) is 72.6 Å². The molecule has 0 bridgehead atoms. The standard InChI is InChI=1S/C8H16BrNO4S.C6H15N.C4H10O.C2H6BrN.CClNO3S.BrH/c1-8(2,3)14-7(11)10-15(12,13)6-4-5-9;1-4-7(5-2)6-3;1-4(2,3)5;3-1-2-4;2-7(5,6)3-1-4;/h4-6H2,1-3H3,(H,10,11);4-6H2,1-3H3;5H,1-3H3;1-2,4H2;;1H. The Morgan fingerprint density at radius 1 is 1.03 bits per heavy atom. The zero-order chi connectivity index (χ0) is 31.6. The van der Waals surface area contributed by atoms with Crippen molar-refractivity contribution in [2.75, 3.05) is 42.6 Å². The molecule has 0 saturated heterocycles. The topological polar surface area (TPSA) is 186 Å². The maximum Gasteiger partial charge on any atom is 0.421 e. The van der Waals surface area contributed by atoms with Gasteiger partial charge in [0.15, 0.2) is 0 Å². The normalized spacial score (nSPS) is 10.6. The van der Waals surface area contributed by atoms with Crippen LogP contribution in [0.4, 0.5) is 4.79 Å². The van der Waals surface area contributed by atoms with E-state index in [9.17, 15) is 21.6 Å². The molecule has 12 nitrogen and oxygen atoms in total. The lowest BCUT2D eigenvalue weighted by molar-refractivity contribution is 0.0570. The Bertz CT molecular complexity index is 816. The van der Waals surface area contributed by atoms with Gasteiger partial charge in [-0.15, -0.1) is 17.0 Å². The summed E-state index contributed by atoms with van der Waals surface area (Å²) in [6.07, 6.45) is 0.272. The average Bonchev–Trinajstić information content (AvgIpc) is 2.71. The van der Waals surface area contributed by atoms with E-state index in [-0.39, 0.29) is 22.7 Å². The molecule has 0 aliphatic carbocycles. The summed E-state index contributed by atoms with van der Waals surface area (Å²) < 4.78 is 50.5. The van der Waals surface area contributed by atoms with Crippen molar-refractivity contribution in [1.29, 1.82) is 0 Å². The van der Waals surface area contributed by atoms with Crippen molar-refractivity contribution in [2.24, 2.45) is 10.1 Å². The largest absolute Gasteiger partial charge is 0.443 e. The Balaban J connectivity index is -0.0000000958. The van der Waals surface area contributed by atoms with Gasteiger partial charge in [0.25, 0.3) is 6.08 Å². The van der Waals surface area contributed by atoms with Gasteiger partial charge in [-0.2, -0.15) is 8.42 Å². The molecule has 0 heterocycles. The van der Waals surface area contributed by atoms with Crippen molar-refractivity contribution in [2.45, 2.75) is 79.9 Å². The van der Waals surface area contributed by atoms with E-state index in [1.165, 1.54) is 19.6 Å². The monoisotopic (exact) mass is 820 g/mol. The molecule has 0 aromatic rings. The number of nitrogens with two attached hydrogens (primary N) is 1. The predicted octanol–water partition coefficient (Wildman–Crippen LogP) is 4.47. The molecule has 0 atom stereocenters. The van der Waals surface area contributed by atoms with Gasteiger partial charge in [0.05, 0.1) is 11.4 Å². The van der Waals surface area contributed by atoms with Crippen LogP contribution in [0, 0.1) is 0 Å². The van der Waals surface area contributed by atoms with Gasteiger partial charge in [-0.1, -0.05) is 57.0 Å². The van der Waals surface area contributed by atoms with Crippen LogP contribution in [0.15, 0.2) is 4.40 Å². The number of nitrogens with zero attached hydrogens (tertiary/aromatic N) is 2. The molecule has 0 radical (unpaired) electrons. The quantitative estimate of drug-likeness (QED) is 0.130. The molecule has 4 N–H and O–H groups in total. The van der Waals surface area contributed by atoms with Crippen molar-refractivity contribution in [1.82, 2.24) is 9.62 Å². The summed E-state index contributed by atoms with van der Waals surface area (Å²) in [5, 5.41) is 10.0. The number of hydrogen-bond acceptors (Lipinski definition) is 10. The smallest absolute Gasteiger partial charge is 0.421 e. The number of sulfonamides is 1. The highest BCUT2D eigenvalue weighted by Crippen LogP contribution is 2.07. The van der Waals surface area contributed by atoms with Crippen LogP contribution in [0.1, 0.15) is 68.7 Å². The van der Waals surface area contributed by atoms with E-state index < -0.39 is 36.6 Å². The number of carbonyl (C=O) groups is 1. The first-order chi connectivity index (χ1) is 17.0. The summed E-state index contributed by atoms with van der Waals surface area (Å²) in [5.41, 5.74) is 3.78. The molecule has 0 spiro atoms. The number of halogens is 4. The Morgan fingerprint density at radius 3 is 1.54 bits per heavy atom. The zero-order valence-corrected chi connectivity index (χ0v) is 31.6. The third-order valence-corrected chi connectivity index (χ3v) is 5.60. The number of nitrogens with one attached hydrogen (secondary N) is 1. The predicted molar refractivity (Wildman–Crippen MR) is 173 cm³/mol. The lowest BCUT2D eigenvalue weighted by atomic mass is 10.2. The lowest BCUT2D eigenvalue weighted by Crippen LogP contribution is -2.37. The summed E-state index contributed by atoms with van der Waals surface area (Å²) in [6.45, 7) is 21.1. The van der Waals surface area contributed by atoms with Crippen molar-refractivity contribution in [3.63, 3.8) is 0 Å². The summed E-state index contributed by atoms with van der Waals surface area (Å²) in [5.74, 6) is -0.0997. The van der Waals surface area contributed by atoms with Gasteiger partial charge in [-0.25, -0.2) is 22.7 Å². The van der Waals surface area contributed by atoms with Crippen LogP contribution in [0.3, 0.4) is 0 Å². The summed E-state index contributed by atoms with van der Waals surface area (Å²) in [6, 6.07) is 0. The van der Waals surface area contributed by atoms with E-state index in [0.29, 0.717) is 11.8 Å². The molecule has 240 valence electrons. The van der Waals surface area contributed by atoms with Crippen molar-refractivity contribution >= 4 is 91.0 Å². The fourth-order valence-corrected chi connectivity index (χ4v) is 3.18. The zero-order valence-electron chi connectivity index (χ0n) is 24.3. The minimum Gasteiger partial charge on any atom is -0.443 e. The van der Waals surface area contributed by atoms with Gasteiger partial charge < -0.3 is 20.5 Å². The fraction of sp³-hybridized carbons (Fsp3) is 0.905. The van der Waals surface area contributed by atoms with E-state index >= 15 is 0 Å². The number of isocyanates is 1. The molecule has 0 aliphatic rings. The Kier molecular flexibility index (Phi) is 39.4. The van der Waals surface area contributed by atoms with E-state index in [1.54, 1.807) is 41.5 Å². The van der Waals surface area contributed by atoms with Crippen LogP contribution in [0.2, 0.25) is 0 Å². The van der Waals surface area contributed by atoms with Crippen LogP contribution in [-0.4, -0.2) is 92.8 Å². The second kappa shape index (κ2) is 29.6. The molecule has 0 aromatic carbocycles. The minimum absolute atomic E-state index is 0. The Labute approximate surface area is 267 Å². The molecule has 39 heavy (non-hydrogen) atoms. The molecule has 0 rings (SSSR count). The Hall–Kier alpha value is 0.160. The third-order valence-electron chi connectivity index (χ3n) is 2.78. The number of amides is 1. The maximum atomic E-state index is 11.3. The van der Waals surface area contributed by atoms with Crippen molar-refractivity contribution in [3.05, 3.63) is 0 Å². The van der Waals surface area contributed by atoms with Gasteiger partial charge in [-0.3, -0.25) is 0 Å². The molecular formula is C21H48Br3ClN4O8S2. The first-order valence-corrected chi connectivity index (χ1v) is 17.7. The third kappa shape index (κ3) is 72.9. The molecule has 18 heteroatoms. The molecule has 1 amide bonds. The van der Waals surface area contributed by atoms with Crippen molar-refractivity contribution in [3.8, 4) is 0 Å². The highest BCUT2D eigenvalue weighted by molar-refractivity contribution is 9.09. The van der Waals surface area contributed by atoms with Gasteiger partial charge in [-0.05, 0) is 67.6 Å². The van der Waals surface area contributed by atoms with Crippen LogP contribution in [0.5, 0.6) is 0 Å². The molecule has 0 aromatic heterocycles. The lowest BCUT2D eigenvalue weighted by Gasteiger charge is -2.19. The molecule has 0 saturated carbocycles. The van der Waals surface area contributed by atoms with Gasteiger partial charge >= 0.3 is 15.3 Å². The number of aliphatic hydroxyl groups is 1. The highest BCUT2D eigenvalue weighted by Gasteiger charge is 2.20. The van der Waals surface area contributed by atoms with E-state index in [0.717, 1.165) is 18.0 Å². The minimum atomic E-state index is -4.00. The second-order valence-electron chi connectivity index (χ2n) is 8.83. The number of ether oxygens (including phenoxy) is 1. The molecular weight excluding hydrogens is 776 g/mol. The SMILES string of the molecule is Br.CC(C)(C)O.CC(C)(C)OC(=O)NS(=O)(=O)CCCBr.CCN(CC)CC.NCCBr.O=C=NS(=O)(=O)Cl. The maximum absolute atomic E-state index is 11.3. The number of carbonyl (C=O) groups excluding carboxylic acids is 2. The number of alkyl halides is 2. The molecule has 0 unspecified atom stereocenters. The average molecular weight is 824 g/mol. The van der Waals surface area contributed by atoms with Crippen LogP contribution in [0.25, 0.3) is 0 Å². The summed E-state index contributed by atoms with van der Waals surface area (Å²) >= 11 is 6.23. The number of rotatable bonds is 9. The molecule has 0 fully saturated rings. The van der Waals surface area contributed by atoms with Crippen molar-refractivity contribution < 1.29 is 36.3 Å². The highest BCUT2D eigenvalue weighted by atomic mass is 79.9. The number of hydrogen-bond donors (Lipinski definition) is 3. The van der Waals surface area contributed by atoms with E-state index in [4.69, 9.17) is 20.4 Å². The van der Waals surface area contributed by atoms with Crippen LogP contribution in [-0.2, 0) is 28.8 Å². The van der Waals surface area contributed by atoms with Gasteiger partial charge in [0.1, 0.15) is 5.60 Å². The first-order valence-electron chi connectivity index (χ1n) is 11.5. The Morgan fingerprint density at radius 2 is 1.38 bits per heavy atom.